The minimum atomic E-state index is -0.574. The number of carbonyl (C=O) groups excluding carboxylic acids is 1. The van der Waals surface area contributed by atoms with E-state index < -0.39 is 10.8 Å². The summed E-state index contributed by atoms with van der Waals surface area (Å²) in [5, 5.41) is 13.5. The molecule has 1 aromatic carbocycles. The minimum Gasteiger partial charge on any atom is -0.305 e. The number of non-ortho nitro benzene ring substituents is 1. The molecule has 20 heavy (non-hydrogen) atoms. The average Bonchev–Trinajstić information content (AvgIpc) is 2.40. The normalized spacial score (nSPS) is 10.1. The quantitative estimate of drug-likeness (QED) is 0.672. The van der Waals surface area contributed by atoms with E-state index in [2.05, 4.69) is 26.2 Å². The Morgan fingerprint density at radius 3 is 2.80 bits per heavy atom. The van der Waals surface area contributed by atoms with E-state index >= 15 is 0 Å². The number of rotatable bonds is 3. The third kappa shape index (κ3) is 3.31. The lowest BCUT2D eigenvalue weighted by molar-refractivity contribution is -0.384. The third-order valence-electron chi connectivity index (χ3n) is 2.35. The van der Waals surface area contributed by atoms with Gasteiger partial charge in [0.2, 0.25) is 0 Å². The summed E-state index contributed by atoms with van der Waals surface area (Å²) in [7, 11) is 0. The first-order chi connectivity index (χ1) is 9.47. The van der Waals surface area contributed by atoms with Crippen LogP contribution in [-0.2, 0) is 0 Å². The zero-order chi connectivity index (χ0) is 14.7. The zero-order valence-electron chi connectivity index (χ0n) is 9.84. The van der Waals surface area contributed by atoms with Gasteiger partial charge < -0.3 is 5.32 Å². The molecule has 0 saturated carbocycles. The smallest absolute Gasteiger partial charge is 0.271 e. The number of nitro benzene ring substituents is 1. The van der Waals surface area contributed by atoms with Gasteiger partial charge in [-0.15, -0.1) is 0 Å². The van der Waals surface area contributed by atoms with E-state index in [0.29, 0.717) is 4.47 Å². The van der Waals surface area contributed by atoms with E-state index in [9.17, 15) is 14.9 Å². The summed E-state index contributed by atoms with van der Waals surface area (Å²) in [5.74, 6) is -0.336. The monoisotopic (exact) mass is 355 g/mol. The number of carbonyl (C=O) groups is 1. The Bertz CT molecular complexity index is 693. The fourth-order valence-corrected chi connectivity index (χ4v) is 2.12. The van der Waals surface area contributed by atoms with Crippen LogP contribution in [-0.4, -0.2) is 15.8 Å². The highest BCUT2D eigenvalue weighted by molar-refractivity contribution is 9.10. The van der Waals surface area contributed by atoms with Gasteiger partial charge in [0.15, 0.2) is 5.82 Å². The molecule has 1 heterocycles. The molecule has 102 valence electrons. The molecule has 0 spiro atoms. The molecule has 8 heteroatoms. The molecule has 2 aromatic rings. The maximum absolute atomic E-state index is 12.0. The molecule has 0 aliphatic heterocycles. The lowest BCUT2D eigenvalue weighted by Gasteiger charge is -2.06. The van der Waals surface area contributed by atoms with Crippen molar-refractivity contribution in [2.45, 2.75) is 0 Å². The molecule has 0 unspecified atom stereocenters. The van der Waals surface area contributed by atoms with Gasteiger partial charge in [-0.3, -0.25) is 14.9 Å². The van der Waals surface area contributed by atoms with Gasteiger partial charge >= 0.3 is 0 Å². The van der Waals surface area contributed by atoms with Crippen molar-refractivity contribution in [3.8, 4) is 0 Å². The second-order valence-electron chi connectivity index (χ2n) is 3.74. The first-order valence-corrected chi connectivity index (χ1v) is 6.51. The predicted octanol–water partition coefficient (Wildman–Crippen LogP) is 3.66. The first kappa shape index (κ1) is 14.4. The van der Waals surface area contributed by atoms with Gasteiger partial charge in [0.05, 0.1) is 9.95 Å². The molecule has 1 aromatic heterocycles. The Morgan fingerprint density at radius 2 is 2.15 bits per heavy atom. The lowest BCUT2D eigenvalue weighted by Crippen LogP contribution is -2.13. The van der Waals surface area contributed by atoms with Crippen LogP contribution in [0.25, 0.3) is 0 Å². The molecule has 0 atom stereocenters. The van der Waals surface area contributed by atoms with Crippen molar-refractivity contribution in [1.82, 2.24) is 4.98 Å². The Labute approximate surface area is 127 Å². The molecule has 0 fully saturated rings. The molecule has 0 bridgehead atoms. The summed E-state index contributed by atoms with van der Waals surface area (Å²) < 4.78 is 0.434. The Kier molecular flexibility index (Phi) is 4.31. The summed E-state index contributed by atoms with van der Waals surface area (Å²) in [4.78, 5) is 26.1. The second-order valence-corrected chi connectivity index (χ2v) is 5.07. The van der Waals surface area contributed by atoms with Gasteiger partial charge in [0, 0.05) is 28.4 Å². The average molecular weight is 357 g/mol. The highest BCUT2D eigenvalue weighted by atomic mass is 79.9. The third-order valence-corrected chi connectivity index (χ3v) is 3.11. The largest absolute Gasteiger partial charge is 0.305 e. The van der Waals surface area contributed by atoms with Crippen molar-refractivity contribution in [1.29, 1.82) is 0 Å². The van der Waals surface area contributed by atoms with Crippen LogP contribution in [0.4, 0.5) is 11.5 Å². The number of benzene rings is 1. The van der Waals surface area contributed by atoms with Gasteiger partial charge in [0.25, 0.3) is 11.6 Å². The van der Waals surface area contributed by atoms with Gasteiger partial charge in [0.1, 0.15) is 0 Å². The van der Waals surface area contributed by atoms with Crippen LogP contribution < -0.4 is 5.32 Å². The van der Waals surface area contributed by atoms with Crippen molar-refractivity contribution in [2.75, 3.05) is 5.32 Å². The number of nitro groups is 1. The van der Waals surface area contributed by atoms with Gasteiger partial charge in [-0.1, -0.05) is 27.5 Å². The predicted molar refractivity (Wildman–Crippen MR) is 78.0 cm³/mol. The van der Waals surface area contributed by atoms with Crippen LogP contribution in [0.15, 0.2) is 41.0 Å². The van der Waals surface area contributed by atoms with Gasteiger partial charge in [-0.25, -0.2) is 4.98 Å². The molecule has 0 aliphatic rings. The summed E-state index contributed by atoms with van der Waals surface area (Å²) in [5.41, 5.74) is -0.0514. The molecule has 6 nitrogen and oxygen atoms in total. The van der Waals surface area contributed by atoms with Crippen molar-refractivity contribution in [2.24, 2.45) is 0 Å². The zero-order valence-corrected chi connectivity index (χ0v) is 12.2. The number of pyridine rings is 1. The number of nitrogens with zero attached hydrogens (tertiary/aromatic N) is 2. The fourth-order valence-electron chi connectivity index (χ4n) is 1.47. The van der Waals surface area contributed by atoms with E-state index in [4.69, 9.17) is 11.6 Å². The standard InChI is InChI=1S/C12H7BrClN3O3/c13-8-4-7(5-9(6-8)17(19)20)12(18)16-11-10(14)2-1-3-15-11/h1-6H,(H,15,16,18). The number of amides is 1. The highest BCUT2D eigenvalue weighted by Gasteiger charge is 2.15. The Morgan fingerprint density at radius 1 is 1.40 bits per heavy atom. The SMILES string of the molecule is O=C(Nc1ncccc1Cl)c1cc(Br)cc([N+](=O)[O-])c1. The van der Waals surface area contributed by atoms with Crippen molar-refractivity contribution >= 4 is 44.9 Å². The number of hydrogen-bond donors (Lipinski definition) is 1. The summed E-state index contributed by atoms with van der Waals surface area (Å²) in [6.45, 7) is 0. The fraction of sp³-hybridized carbons (Fsp3) is 0. The maximum Gasteiger partial charge on any atom is 0.271 e. The van der Waals surface area contributed by atoms with Crippen LogP contribution in [0.5, 0.6) is 0 Å². The molecule has 1 N–H and O–H groups in total. The van der Waals surface area contributed by atoms with Crippen LogP contribution in [0.2, 0.25) is 5.02 Å². The number of halogens is 2. The van der Waals surface area contributed by atoms with E-state index in [1.807, 2.05) is 0 Å². The van der Waals surface area contributed by atoms with E-state index in [1.165, 1.54) is 24.4 Å². The topological polar surface area (TPSA) is 85.1 Å². The first-order valence-electron chi connectivity index (χ1n) is 5.34. The van der Waals surface area contributed by atoms with Gasteiger partial charge in [-0.05, 0) is 18.2 Å². The number of aromatic nitrogens is 1. The molecular weight excluding hydrogens is 350 g/mol. The molecule has 0 radical (unpaired) electrons. The van der Waals surface area contributed by atoms with Crippen LogP contribution in [0, 0.1) is 10.1 Å². The Balaban J connectivity index is 2.30. The Hall–Kier alpha value is -1.99. The lowest BCUT2D eigenvalue weighted by atomic mass is 10.2. The molecule has 0 aliphatic carbocycles. The highest BCUT2D eigenvalue weighted by Crippen LogP contribution is 2.23. The maximum atomic E-state index is 12.0. The van der Waals surface area contributed by atoms with Crippen LogP contribution >= 0.6 is 27.5 Å². The van der Waals surface area contributed by atoms with E-state index in [1.54, 1.807) is 12.1 Å². The molecule has 1 amide bonds. The molecule has 2 rings (SSSR count). The number of nitrogens with one attached hydrogen (secondary N) is 1. The number of anilines is 1. The summed E-state index contributed by atoms with van der Waals surface area (Å²) >= 11 is 9.00. The van der Waals surface area contributed by atoms with Crippen molar-refractivity contribution < 1.29 is 9.72 Å². The van der Waals surface area contributed by atoms with E-state index in [-0.39, 0.29) is 22.1 Å². The van der Waals surface area contributed by atoms with Crippen molar-refractivity contribution in [3.63, 3.8) is 0 Å². The van der Waals surface area contributed by atoms with Gasteiger partial charge in [-0.2, -0.15) is 0 Å². The van der Waals surface area contributed by atoms with E-state index in [0.717, 1.165) is 0 Å². The van der Waals surface area contributed by atoms with Crippen LogP contribution in [0.3, 0.4) is 0 Å². The molecule has 0 saturated heterocycles. The summed E-state index contributed by atoms with van der Waals surface area (Å²) in [6.07, 6.45) is 1.48. The molecular formula is C12H7BrClN3O3. The minimum absolute atomic E-state index is 0.132. The van der Waals surface area contributed by atoms with Crippen LogP contribution in [0.1, 0.15) is 10.4 Å². The summed E-state index contributed by atoms with van der Waals surface area (Å²) in [6, 6.07) is 7.16. The second kappa shape index (κ2) is 5.98. The van der Waals surface area contributed by atoms with Crippen molar-refractivity contribution in [3.05, 3.63) is 61.7 Å². The number of hydrogen-bond acceptors (Lipinski definition) is 4.